The maximum Gasteiger partial charge on any atom is 0.262 e. The van der Waals surface area contributed by atoms with E-state index in [0.717, 1.165) is 5.56 Å². The fourth-order valence-corrected chi connectivity index (χ4v) is 5.03. The number of hydrogen-bond acceptors (Lipinski definition) is 4. The Kier molecular flexibility index (Phi) is 5.10. The van der Waals surface area contributed by atoms with Gasteiger partial charge in [0.2, 0.25) is 0 Å². The third-order valence-corrected chi connectivity index (χ3v) is 6.78. The Hall–Kier alpha value is -2.78. The first-order valence-electron chi connectivity index (χ1n) is 9.08. The minimum atomic E-state index is -3.77. The van der Waals surface area contributed by atoms with E-state index in [0.29, 0.717) is 5.69 Å². The van der Waals surface area contributed by atoms with Gasteiger partial charge in [-0.1, -0.05) is 12.1 Å². The van der Waals surface area contributed by atoms with Crippen LogP contribution in [-0.4, -0.2) is 41.4 Å². The molecule has 3 aromatic rings. The van der Waals surface area contributed by atoms with Crippen LogP contribution in [0.3, 0.4) is 0 Å². The van der Waals surface area contributed by atoms with Crippen LogP contribution in [0.4, 0.5) is 14.5 Å². The third-order valence-electron chi connectivity index (χ3n) is 5.07. The van der Waals surface area contributed by atoms with Gasteiger partial charge in [-0.25, -0.2) is 22.2 Å². The van der Waals surface area contributed by atoms with Crippen LogP contribution in [-0.2, 0) is 17.1 Å². The van der Waals surface area contributed by atoms with Crippen molar-refractivity contribution in [3.05, 3.63) is 78.3 Å². The molecule has 1 aliphatic rings. The van der Waals surface area contributed by atoms with Gasteiger partial charge in [-0.15, -0.1) is 0 Å². The first-order valence-corrected chi connectivity index (χ1v) is 10.5. The maximum absolute atomic E-state index is 13.4. The SMILES string of the molecule is Cn1cnc(S(=O)(=O)N2CC(Nc3ccc(F)cc3)C(c3ccc(F)cc3)C2)c1. The molecule has 0 radical (unpaired) electrons. The Morgan fingerprint density at radius 2 is 1.62 bits per heavy atom. The van der Waals surface area contributed by atoms with Crippen LogP contribution in [0.1, 0.15) is 11.5 Å². The Balaban J connectivity index is 1.65. The fraction of sp³-hybridized carbons (Fsp3) is 0.250. The zero-order valence-corrected chi connectivity index (χ0v) is 16.5. The number of nitrogens with zero attached hydrogens (tertiary/aromatic N) is 3. The van der Waals surface area contributed by atoms with Crippen LogP contribution >= 0.6 is 0 Å². The Morgan fingerprint density at radius 3 is 2.21 bits per heavy atom. The van der Waals surface area contributed by atoms with E-state index in [2.05, 4.69) is 10.3 Å². The predicted octanol–water partition coefficient (Wildman–Crippen LogP) is 2.97. The topological polar surface area (TPSA) is 67.2 Å². The Bertz CT molecular complexity index is 1100. The standard InChI is InChI=1S/C20H20F2N4O2S/c1-25-12-20(23-13-25)29(27,28)26-10-18(14-2-4-15(21)5-3-14)19(11-26)24-17-8-6-16(22)7-9-17/h2-9,12-13,18-19,24H,10-11H2,1H3. The summed E-state index contributed by atoms with van der Waals surface area (Å²) in [6.45, 7) is 0.432. The van der Waals surface area contributed by atoms with Crippen molar-refractivity contribution in [1.82, 2.24) is 13.9 Å². The quantitative estimate of drug-likeness (QED) is 0.692. The van der Waals surface area contributed by atoms with E-state index in [-0.39, 0.29) is 41.7 Å². The highest BCUT2D eigenvalue weighted by atomic mass is 32.2. The summed E-state index contributed by atoms with van der Waals surface area (Å²) in [5, 5.41) is 3.28. The first kappa shape index (κ1) is 19.5. The molecule has 6 nitrogen and oxygen atoms in total. The monoisotopic (exact) mass is 418 g/mol. The lowest BCUT2D eigenvalue weighted by Crippen LogP contribution is -2.32. The highest BCUT2D eigenvalue weighted by Gasteiger charge is 2.41. The number of benzene rings is 2. The minimum absolute atomic E-state index is 0.0136. The molecule has 0 amide bonds. The molecule has 0 spiro atoms. The van der Waals surface area contributed by atoms with Crippen LogP contribution in [0.15, 0.2) is 66.1 Å². The number of anilines is 1. The molecule has 2 heterocycles. The van der Waals surface area contributed by atoms with Gasteiger partial charge in [0.1, 0.15) is 11.6 Å². The van der Waals surface area contributed by atoms with Gasteiger partial charge in [-0.2, -0.15) is 4.31 Å². The maximum atomic E-state index is 13.4. The third kappa shape index (κ3) is 4.01. The van der Waals surface area contributed by atoms with Gasteiger partial charge in [0, 0.05) is 44.0 Å². The van der Waals surface area contributed by atoms with Crippen LogP contribution in [0, 0.1) is 11.6 Å². The van der Waals surface area contributed by atoms with Crippen molar-refractivity contribution in [2.24, 2.45) is 7.05 Å². The number of nitrogens with one attached hydrogen (secondary N) is 1. The van der Waals surface area contributed by atoms with E-state index < -0.39 is 10.0 Å². The van der Waals surface area contributed by atoms with E-state index in [1.165, 1.54) is 41.1 Å². The molecule has 4 rings (SSSR count). The summed E-state index contributed by atoms with van der Waals surface area (Å²) in [6.07, 6.45) is 2.90. The van der Waals surface area contributed by atoms with Gasteiger partial charge in [0.15, 0.2) is 5.03 Å². The van der Waals surface area contributed by atoms with E-state index >= 15 is 0 Å². The van der Waals surface area contributed by atoms with Crippen molar-refractivity contribution < 1.29 is 17.2 Å². The molecule has 2 unspecified atom stereocenters. The van der Waals surface area contributed by atoms with Gasteiger partial charge < -0.3 is 9.88 Å². The second kappa shape index (κ2) is 7.57. The summed E-state index contributed by atoms with van der Waals surface area (Å²) < 4.78 is 55.6. The molecule has 1 N–H and O–H groups in total. The normalized spacial score (nSPS) is 20.1. The van der Waals surface area contributed by atoms with E-state index in [9.17, 15) is 17.2 Å². The summed E-state index contributed by atoms with van der Waals surface area (Å²) >= 11 is 0. The molecular weight excluding hydrogens is 398 g/mol. The van der Waals surface area contributed by atoms with Crippen LogP contribution in [0.5, 0.6) is 0 Å². The second-order valence-electron chi connectivity index (χ2n) is 7.12. The molecule has 0 bridgehead atoms. The lowest BCUT2D eigenvalue weighted by atomic mass is 9.94. The number of aromatic nitrogens is 2. The van der Waals surface area contributed by atoms with Crippen molar-refractivity contribution in [1.29, 1.82) is 0 Å². The Morgan fingerprint density at radius 1 is 1.00 bits per heavy atom. The highest BCUT2D eigenvalue weighted by molar-refractivity contribution is 7.89. The van der Waals surface area contributed by atoms with Gasteiger partial charge in [0.05, 0.1) is 6.33 Å². The molecule has 1 aliphatic heterocycles. The predicted molar refractivity (Wildman–Crippen MR) is 105 cm³/mol. The number of aryl methyl sites for hydroxylation is 1. The van der Waals surface area contributed by atoms with Crippen LogP contribution < -0.4 is 5.32 Å². The average molecular weight is 418 g/mol. The van der Waals surface area contributed by atoms with Crippen LogP contribution in [0.25, 0.3) is 0 Å². The molecule has 1 aromatic heterocycles. The zero-order valence-electron chi connectivity index (χ0n) is 15.7. The molecule has 152 valence electrons. The minimum Gasteiger partial charge on any atom is -0.380 e. The molecule has 9 heteroatoms. The summed E-state index contributed by atoms with van der Waals surface area (Å²) in [5.41, 5.74) is 1.50. The first-order chi connectivity index (χ1) is 13.8. The molecule has 2 atom stereocenters. The fourth-order valence-electron chi connectivity index (χ4n) is 3.57. The van der Waals surface area contributed by atoms with E-state index in [4.69, 9.17) is 0 Å². The number of hydrogen-bond donors (Lipinski definition) is 1. The number of halogens is 2. The van der Waals surface area contributed by atoms with E-state index in [1.807, 2.05) is 0 Å². The summed E-state index contributed by atoms with van der Waals surface area (Å²) in [4.78, 5) is 3.98. The lowest BCUT2D eigenvalue weighted by molar-refractivity contribution is 0.468. The van der Waals surface area contributed by atoms with Crippen LogP contribution in [0.2, 0.25) is 0 Å². The molecule has 0 saturated carbocycles. The molecule has 0 aliphatic carbocycles. The molecule has 29 heavy (non-hydrogen) atoms. The number of sulfonamides is 1. The van der Waals surface area contributed by atoms with Gasteiger partial charge in [-0.3, -0.25) is 0 Å². The molecular formula is C20H20F2N4O2S. The highest BCUT2D eigenvalue weighted by Crippen LogP contribution is 2.33. The molecule has 1 fully saturated rings. The summed E-state index contributed by atoms with van der Waals surface area (Å²) in [7, 11) is -2.07. The van der Waals surface area contributed by atoms with Gasteiger partial charge in [0.25, 0.3) is 10.0 Å². The average Bonchev–Trinajstić information content (AvgIpc) is 3.32. The van der Waals surface area contributed by atoms with Crippen molar-refractivity contribution in [3.8, 4) is 0 Å². The second-order valence-corrected chi connectivity index (χ2v) is 9.00. The van der Waals surface area contributed by atoms with Crippen molar-refractivity contribution in [2.45, 2.75) is 17.0 Å². The van der Waals surface area contributed by atoms with E-state index in [1.54, 1.807) is 35.9 Å². The smallest absolute Gasteiger partial charge is 0.262 e. The van der Waals surface area contributed by atoms with Crippen molar-refractivity contribution in [3.63, 3.8) is 0 Å². The summed E-state index contributed by atoms with van der Waals surface area (Å²) in [5.74, 6) is -0.914. The van der Waals surface area contributed by atoms with Gasteiger partial charge in [-0.05, 0) is 42.0 Å². The van der Waals surface area contributed by atoms with Gasteiger partial charge >= 0.3 is 0 Å². The number of imidazole rings is 1. The van der Waals surface area contributed by atoms with Crippen molar-refractivity contribution in [2.75, 3.05) is 18.4 Å². The van der Waals surface area contributed by atoms with Crippen molar-refractivity contribution >= 4 is 15.7 Å². The molecule has 1 saturated heterocycles. The lowest BCUT2D eigenvalue weighted by Gasteiger charge is -2.21. The zero-order chi connectivity index (χ0) is 20.6. The molecule has 2 aromatic carbocycles. The number of rotatable bonds is 5. The Labute approximate surface area is 167 Å². The largest absolute Gasteiger partial charge is 0.380 e. The summed E-state index contributed by atoms with van der Waals surface area (Å²) in [6, 6.07) is 11.7.